The number of amides is 1. The molecular formula is C34H28F5N5O4S. The summed E-state index contributed by atoms with van der Waals surface area (Å²) in [5.74, 6) is -12.0. The average Bonchev–Trinajstić information content (AvgIpc) is 3.55. The van der Waals surface area contributed by atoms with Gasteiger partial charge in [-0.15, -0.1) is 5.10 Å². The molecule has 2 heterocycles. The molecule has 2 N–H and O–H groups in total. The van der Waals surface area contributed by atoms with E-state index in [4.69, 9.17) is 9.47 Å². The number of halogens is 5. The van der Waals surface area contributed by atoms with E-state index in [1.807, 2.05) is 54.6 Å². The van der Waals surface area contributed by atoms with Gasteiger partial charge >= 0.3 is 0 Å². The van der Waals surface area contributed by atoms with Crippen LogP contribution in [-0.4, -0.2) is 43.1 Å². The molecule has 0 spiro atoms. The number of ether oxygens (including phenoxy) is 2. The van der Waals surface area contributed by atoms with E-state index < -0.39 is 46.8 Å². The van der Waals surface area contributed by atoms with Gasteiger partial charge in [-0.3, -0.25) is 4.79 Å². The zero-order valence-corrected chi connectivity index (χ0v) is 26.6. The number of aryl methyl sites for hydroxylation is 1. The summed E-state index contributed by atoms with van der Waals surface area (Å²) < 4.78 is 83.4. The number of aliphatic hydroxyl groups is 1. The molecule has 0 bridgehead atoms. The van der Waals surface area contributed by atoms with Gasteiger partial charge in [-0.25, -0.2) is 26.6 Å². The van der Waals surface area contributed by atoms with Gasteiger partial charge in [-0.2, -0.15) is 0 Å². The lowest BCUT2D eigenvalue weighted by Crippen LogP contribution is -2.31. The molecule has 6 rings (SSSR count). The zero-order valence-electron chi connectivity index (χ0n) is 25.7. The maximum absolute atomic E-state index is 14.1. The number of aromatic nitrogens is 4. The molecule has 0 aliphatic carbocycles. The SMILES string of the molecule is Cn1nnnc1SC[C@H]1C[C@@H](c2ccc(CO)cc2)O[C@@H](c2cccc(-c3cccc(CNC(=O)c4c(F)c(F)c(F)c(F)c4F)c3)c2)O1. The molecule has 254 valence electrons. The lowest BCUT2D eigenvalue weighted by molar-refractivity contribution is -0.245. The van der Waals surface area contributed by atoms with Crippen molar-refractivity contribution in [1.29, 1.82) is 0 Å². The maximum atomic E-state index is 14.1. The van der Waals surface area contributed by atoms with Crippen LogP contribution in [0.25, 0.3) is 11.1 Å². The van der Waals surface area contributed by atoms with Crippen LogP contribution < -0.4 is 5.32 Å². The topological polar surface area (TPSA) is 111 Å². The van der Waals surface area contributed by atoms with Gasteiger partial charge in [0.15, 0.2) is 29.6 Å². The van der Waals surface area contributed by atoms with Crippen molar-refractivity contribution in [1.82, 2.24) is 25.5 Å². The number of nitrogens with one attached hydrogen (secondary N) is 1. The van der Waals surface area contributed by atoms with Crippen LogP contribution in [0.1, 0.15) is 51.4 Å². The van der Waals surface area contributed by atoms with Gasteiger partial charge in [0.25, 0.3) is 5.91 Å². The first-order valence-electron chi connectivity index (χ1n) is 15.0. The minimum atomic E-state index is -2.34. The van der Waals surface area contributed by atoms with Crippen LogP contribution in [0, 0.1) is 29.1 Å². The van der Waals surface area contributed by atoms with Crippen LogP contribution in [0.2, 0.25) is 0 Å². The van der Waals surface area contributed by atoms with Gasteiger partial charge in [0, 0.05) is 31.3 Å². The minimum Gasteiger partial charge on any atom is -0.392 e. The second-order valence-corrected chi connectivity index (χ2v) is 12.2. The van der Waals surface area contributed by atoms with Crippen LogP contribution in [0.15, 0.2) is 78.0 Å². The average molecular weight is 698 g/mol. The standard InChI is InChI=1S/C34H28F5N5O4S/c1-44-34(41-42-43-44)49-17-24-14-25(20-10-8-18(16-45)9-11-20)48-33(47-24)23-7-3-6-22(13-23)21-5-2-4-19(12-21)15-40-32(46)26-27(35)29(37)31(39)30(38)28(26)36/h2-13,24-25,33,45H,14-17H2,1H3,(H,40,46)/t24-,25+,33+/m1/s1. The molecule has 4 aromatic carbocycles. The Hall–Kier alpha value is -4.70. The van der Waals surface area contributed by atoms with Gasteiger partial charge < -0.3 is 19.9 Å². The van der Waals surface area contributed by atoms with E-state index in [2.05, 4.69) is 20.8 Å². The first-order chi connectivity index (χ1) is 23.6. The Labute approximate surface area is 281 Å². The van der Waals surface area contributed by atoms with Crippen molar-refractivity contribution >= 4 is 17.7 Å². The second-order valence-electron chi connectivity index (χ2n) is 11.2. The van der Waals surface area contributed by atoms with E-state index in [0.29, 0.717) is 22.9 Å². The van der Waals surface area contributed by atoms with Crippen LogP contribution in [0.3, 0.4) is 0 Å². The fourth-order valence-electron chi connectivity index (χ4n) is 5.33. The van der Waals surface area contributed by atoms with Crippen molar-refractivity contribution in [3.8, 4) is 11.1 Å². The third-order valence-electron chi connectivity index (χ3n) is 7.90. The van der Waals surface area contributed by atoms with Gasteiger partial charge in [0.2, 0.25) is 11.0 Å². The summed E-state index contributed by atoms with van der Waals surface area (Å²) >= 11 is 1.46. The summed E-state index contributed by atoms with van der Waals surface area (Å²) in [4.78, 5) is 12.5. The fraction of sp³-hybridized carbons (Fsp3) is 0.235. The highest BCUT2D eigenvalue weighted by Crippen LogP contribution is 2.40. The number of hydrogen-bond donors (Lipinski definition) is 2. The molecule has 1 aliphatic heterocycles. The third-order valence-corrected chi connectivity index (χ3v) is 9.05. The minimum absolute atomic E-state index is 0.0752. The van der Waals surface area contributed by atoms with E-state index in [-0.39, 0.29) is 25.4 Å². The molecule has 1 amide bonds. The van der Waals surface area contributed by atoms with E-state index in [1.165, 1.54) is 11.8 Å². The smallest absolute Gasteiger partial charge is 0.257 e. The number of aliphatic hydroxyl groups excluding tert-OH is 1. The van der Waals surface area contributed by atoms with Gasteiger partial charge in [0.1, 0.15) is 5.56 Å². The van der Waals surface area contributed by atoms with Crippen molar-refractivity contribution in [2.75, 3.05) is 5.75 Å². The Morgan fingerprint density at radius 2 is 1.55 bits per heavy atom. The summed E-state index contributed by atoms with van der Waals surface area (Å²) in [6.07, 6.45) is -0.742. The van der Waals surface area contributed by atoms with Gasteiger partial charge in [-0.1, -0.05) is 72.4 Å². The van der Waals surface area contributed by atoms with Crippen LogP contribution in [-0.2, 0) is 29.7 Å². The maximum Gasteiger partial charge on any atom is 0.257 e. The number of carbonyl (C=O) groups excluding carboxylic acids is 1. The molecule has 9 nitrogen and oxygen atoms in total. The highest BCUT2D eigenvalue weighted by Gasteiger charge is 2.33. The number of tetrazole rings is 1. The third kappa shape index (κ3) is 7.49. The number of hydrogen-bond acceptors (Lipinski definition) is 8. The predicted molar refractivity (Wildman–Crippen MR) is 167 cm³/mol. The molecule has 1 aliphatic rings. The fourth-order valence-corrected chi connectivity index (χ4v) is 6.20. The van der Waals surface area contributed by atoms with Gasteiger partial charge in [-0.05, 0) is 50.4 Å². The van der Waals surface area contributed by atoms with Crippen LogP contribution >= 0.6 is 11.8 Å². The molecule has 1 saturated heterocycles. The molecular weight excluding hydrogens is 669 g/mol. The second kappa shape index (κ2) is 14.8. The quantitative estimate of drug-likeness (QED) is 0.0754. The van der Waals surface area contributed by atoms with E-state index in [9.17, 15) is 31.9 Å². The molecule has 0 saturated carbocycles. The molecule has 5 aromatic rings. The van der Waals surface area contributed by atoms with Crippen molar-refractivity contribution in [3.63, 3.8) is 0 Å². The van der Waals surface area contributed by atoms with Crippen molar-refractivity contribution in [3.05, 3.63) is 130 Å². The molecule has 1 fully saturated rings. The molecule has 1 aromatic heterocycles. The lowest BCUT2D eigenvalue weighted by atomic mass is 9.99. The summed E-state index contributed by atoms with van der Waals surface area (Å²) in [5.41, 5.74) is 2.88. The highest BCUT2D eigenvalue weighted by atomic mass is 32.2. The summed E-state index contributed by atoms with van der Waals surface area (Å²) in [7, 11) is 1.75. The van der Waals surface area contributed by atoms with Crippen LogP contribution in [0.5, 0.6) is 0 Å². The van der Waals surface area contributed by atoms with E-state index in [0.717, 1.165) is 27.8 Å². The Balaban J connectivity index is 1.20. The monoisotopic (exact) mass is 697 g/mol. The summed E-state index contributed by atoms with van der Waals surface area (Å²) in [6.45, 7) is -0.327. The largest absolute Gasteiger partial charge is 0.392 e. The first-order valence-corrected chi connectivity index (χ1v) is 16.0. The van der Waals surface area contributed by atoms with Crippen LogP contribution in [0.4, 0.5) is 22.0 Å². The highest BCUT2D eigenvalue weighted by molar-refractivity contribution is 7.99. The van der Waals surface area contributed by atoms with E-state index in [1.54, 1.807) is 29.9 Å². The predicted octanol–water partition coefficient (Wildman–Crippen LogP) is 6.33. The Bertz CT molecular complexity index is 1950. The number of thioether (sulfide) groups is 1. The van der Waals surface area contributed by atoms with E-state index >= 15 is 0 Å². The Kier molecular flexibility index (Phi) is 10.3. The normalized spacial score (nSPS) is 17.7. The Morgan fingerprint density at radius 3 is 2.22 bits per heavy atom. The molecule has 0 unspecified atom stereocenters. The van der Waals surface area contributed by atoms with Crippen molar-refractivity contribution < 1.29 is 41.3 Å². The molecule has 49 heavy (non-hydrogen) atoms. The lowest BCUT2D eigenvalue weighted by Gasteiger charge is -2.36. The number of carbonyl (C=O) groups is 1. The summed E-state index contributed by atoms with van der Waals surface area (Å²) in [5, 5.41) is 23.9. The van der Waals surface area contributed by atoms with Crippen molar-refractivity contribution in [2.24, 2.45) is 7.05 Å². The zero-order chi connectivity index (χ0) is 34.7. The molecule has 15 heteroatoms. The number of nitrogens with zero attached hydrogens (tertiary/aromatic N) is 4. The van der Waals surface area contributed by atoms with Gasteiger partial charge in [0.05, 0.1) is 18.8 Å². The number of rotatable bonds is 10. The van der Waals surface area contributed by atoms with Crippen molar-refractivity contribution in [2.45, 2.75) is 43.2 Å². The number of benzene rings is 4. The summed E-state index contributed by atoms with van der Waals surface area (Å²) in [6, 6.07) is 21.9. The molecule has 0 radical (unpaired) electrons. The first kappa shape index (κ1) is 34.2. The Morgan fingerprint density at radius 1 is 0.878 bits per heavy atom. The molecule has 3 atom stereocenters.